The summed E-state index contributed by atoms with van der Waals surface area (Å²) in [6.45, 7) is 2.05. The fourth-order valence-electron chi connectivity index (χ4n) is 3.41. The lowest BCUT2D eigenvalue weighted by Crippen LogP contribution is -2.36. The molecule has 0 fully saturated rings. The number of aromatic nitrogens is 2. The monoisotopic (exact) mass is 336 g/mol. The summed E-state index contributed by atoms with van der Waals surface area (Å²) >= 11 is 0. The van der Waals surface area contributed by atoms with Crippen LogP contribution in [0.15, 0.2) is 35.4 Å². The van der Waals surface area contributed by atoms with E-state index >= 15 is 0 Å². The molecule has 2 heterocycles. The highest BCUT2D eigenvalue weighted by Crippen LogP contribution is 2.29. The molecule has 6 nitrogen and oxygen atoms in total. The van der Waals surface area contributed by atoms with Gasteiger partial charge in [0.1, 0.15) is 11.6 Å². The van der Waals surface area contributed by atoms with Crippen molar-refractivity contribution < 1.29 is 9.53 Å². The maximum Gasteiger partial charge on any atom is 0.240 e. The molecule has 2 N–H and O–H groups in total. The first kappa shape index (κ1) is 15.6. The van der Waals surface area contributed by atoms with Crippen LogP contribution in [0.1, 0.15) is 24.7 Å². The average Bonchev–Trinajstić information content (AvgIpc) is 3.05. The van der Waals surface area contributed by atoms with Crippen LogP contribution in [0.3, 0.4) is 0 Å². The van der Waals surface area contributed by atoms with Crippen LogP contribution < -0.4 is 10.2 Å². The third-order valence-electron chi connectivity index (χ3n) is 4.77. The van der Waals surface area contributed by atoms with Crippen LogP contribution in [-0.2, 0) is 11.2 Å². The number of allylic oxidation sites excluding steroid dienone is 1. The van der Waals surface area contributed by atoms with E-state index in [9.17, 15) is 4.79 Å². The van der Waals surface area contributed by atoms with Crippen molar-refractivity contribution in [3.05, 3.63) is 41.7 Å². The Hall–Kier alpha value is -2.89. The first-order chi connectivity index (χ1) is 12.1. The van der Waals surface area contributed by atoms with Crippen LogP contribution in [0.5, 0.6) is 5.75 Å². The number of fused-ring (bicyclic) bond motifs is 1. The number of nitrogens with zero attached hydrogens (tertiary/aromatic N) is 2. The number of imidazole rings is 1. The Morgan fingerprint density at radius 1 is 1.20 bits per heavy atom. The SMILES string of the molecule is COc1ccc(-c2nc3c([nH]2)CC(C2=NNC(=O)CC2C)C=C3)cc1. The van der Waals surface area contributed by atoms with Crippen molar-refractivity contribution in [3.63, 3.8) is 0 Å². The van der Waals surface area contributed by atoms with Crippen molar-refractivity contribution in [2.45, 2.75) is 19.8 Å². The van der Waals surface area contributed by atoms with Gasteiger partial charge >= 0.3 is 0 Å². The van der Waals surface area contributed by atoms with E-state index in [4.69, 9.17) is 9.72 Å². The molecule has 0 saturated heterocycles. The number of amides is 1. The Kier molecular flexibility index (Phi) is 3.87. The third-order valence-corrected chi connectivity index (χ3v) is 4.77. The van der Waals surface area contributed by atoms with Crippen LogP contribution in [0.25, 0.3) is 17.5 Å². The molecule has 128 valence electrons. The lowest BCUT2D eigenvalue weighted by Gasteiger charge is -2.25. The number of carbonyl (C=O) groups excluding carboxylic acids is 1. The van der Waals surface area contributed by atoms with E-state index in [1.807, 2.05) is 30.3 Å². The number of hydrogen-bond acceptors (Lipinski definition) is 4. The number of H-pyrrole nitrogens is 1. The highest BCUT2D eigenvalue weighted by Gasteiger charge is 2.29. The quantitative estimate of drug-likeness (QED) is 0.904. The molecule has 2 atom stereocenters. The summed E-state index contributed by atoms with van der Waals surface area (Å²) in [6.07, 6.45) is 5.48. The number of aromatic amines is 1. The minimum Gasteiger partial charge on any atom is -0.497 e. The number of hydrogen-bond donors (Lipinski definition) is 2. The summed E-state index contributed by atoms with van der Waals surface area (Å²) in [7, 11) is 1.66. The van der Waals surface area contributed by atoms with Crippen LogP contribution in [-0.4, -0.2) is 28.7 Å². The Balaban J connectivity index is 1.57. The molecule has 1 aliphatic carbocycles. The fraction of sp³-hybridized carbons (Fsp3) is 0.316. The van der Waals surface area contributed by atoms with Gasteiger partial charge in [-0.1, -0.05) is 13.0 Å². The van der Waals surface area contributed by atoms with E-state index in [2.05, 4.69) is 28.5 Å². The van der Waals surface area contributed by atoms with Crippen LogP contribution in [0, 0.1) is 11.8 Å². The van der Waals surface area contributed by atoms with Gasteiger partial charge in [0.2, 0.25) is 5.91 Å². The number of methoxy groups -OCH3 is 1. The van der Waals surface area contributed by atoms with E-state index in [1.165, 1.54) is 0 Å². The molecule has 1 aromatic heterocycles. The van der Waals surface area contributed by atoms with Crippen molar-refractivity contribution >= 4 is 17.7 Å². The second-order valence-electron chi connectivity index (χ2n) is 6.52. The fourth-order valence-corrected chi connectivity index (χ4v) is 3.41. The lowest BCUT2D eigenvalue weighted by atomic mass is 9.84. The van der Waals surface area contributed by atoms with Crippen LogP contribution in [0.2, 0.25) is 0 Å². The van der Waals surface area contributed by atoms with E-state index in [-0.39, 0.29) is 17.7 Å². The number of nitrogens with one attached hydrogen (secondary N) is 2. The van der Waals surface area contributed by atoms with Gasteiger partial charge in [-0.2, -0.15) is 5.10 Å². The molecule has 1 amide bonds. The summed E-state index contributed by atoms with van der Waals surface area (Å²) < 4.78 is 5.20. The molecule has 2 aliphatic rings. The highest BCUT2D eigenvalue weighted by atomic mass is 16.5. The first-order valence-electron chi connectivity index (χ1n) is 8.42. The van der Waals surface area contributed by atoms with Crippen molar-refractivity contribution in [2.24, 2.45) is 16.9 Å². The largest absolute Gasteiger partial charge is 0.497 e. The van der Waals surface area contributed by atoms with Gasteiger partial charge in [0.05, 0.1) is 12.8 Å². The molecule has 2 aromatic rings. The molecule has 0 spiro atoms. The number of ether oxygens (including phenoxy) is 1. The maximum absolute atomic E-state index is 11.4. The van der Waals surface area contributed by atoms with Gasteiger partial charge in [0.25, 0.3) is 0 Å². The molecule has 1 aromatic carbocycles. The van der Waals surface area contributed by atoms with E-state index in [0.717, 1.165) is 40.7 Å². The maximum atomic E-state index is 11.4. The van der Waals surface area contributed by atoms with Gasteiger partial charge in [-0.3, -0.25) is 4.79 Å². The zero-order valence-electron chi connectivity index (χ0n) is 14.2. The Morgan fingerprint density at radius 3 is 2.72 bits per heavy atom. The summed E-state index contributed by atoms with van der Waals surface area (Å²) in [5.41, 5.74) is 6.73. The van der Waals surface area contributed by atoms with Gasteiger partial charge in [-0.15, -0.1) is 0 Å². The average molecular weight is 336 g/mol. The summed E-state index contributed by atoms with van der Waals surface area (Å²) in [4.78, 5) is 19.6. The summed E-state index contributed by atoms with van der Waals surface area (Å²) in [5.74, 6) is 2.01. The van der Waals surface area contributed by atoms with E-state index in [1.54, 1.807) is 7.11 Å². The molecule has 0 saturated carbocycles. The summed E-state index contributed by atoms with van der Waals surface area (Å²) in [6, 6.07) is 7.84. The predicted molar refractivity (Wildman–Crippen MR) is 96.2 cm³/mol. The molecule has 6 heteroatoms. The Morgan fingerprint density at radius 2 is 2.00 bits per heavy atom. The lowest BCUT2D eigenvalue weighted by molar-refractivity contribution is -0.121. The molecule has 0 radical (unpaired) electrons. The summed E-state index contributed by atoms with van der Waals surface area (Å²) in [5, 5.41) is 4.29. The van der Waals surface area contributed by atoms with Gasteiger partial charge in [0, 0.05) is 41.6 Å². The predicted octanol–water partition coefficient (Wildman–Crippen LogP) is 2.78. The number of hydrazone groups is 1. The molecule has 0 bridgehead atoms. The van der Waals surface area contributed by atoms with Crippen molar-refractivity contribution in [1.82, 2.24) is 15.4 Å². The molecule has 4 rings (SSSR count). The highest BCUT2D eigenvalue weighted by molar-refractivity contribution is 5.97. The number of benzene rings is 1. The topological polar surface area (TPSA) is 79.4 Å². The van der Waals surface area contributed by atoms with Gasteiger partial charge in [0.15, 0.2) is 0 Å². The smallest absolute Gasteiger partial charge is 0.240 e. The number of rotatable bonds is 3. The molecule has 2 unspecified atom stereocenters. The van der Waals surface area contributed by atoms with Crippen LogP contribution in [0.4, 0.5) is 0 Å². The first-order valence-corrected chi connectivity index (χ1v) is 8.42. The Bertz CT molecular complexity index is 864. The molecular formula is C19H20N4O2. The molecule has 25 heavy (non-hydrogen) atoms. The minimum atomic E-state index is -0.0138. The van der Waals surface area contributed by atoms with Gasteiger partial charge < -0.3 is 9.72 Å². The number of carbonyl (C=O) groups is 1. The van der Waals surface area contributed by atoms with E-state index in [0.29, 0.717) is 6.42 Å². The van der Waals surface area contributed by atoms with Gasteiger partial charge in [-0.05, 0) is 30.3 Å². The Labute approximate surface area is 146 Å². The zero-order chi connectivity index (χ0) is 17.4. The standard InChI is InChI=1S/C19H20N4O2/c1-11-9-17(24)22-23-18(11)13-5-8-15-16(10-13)21-19(20-15)12-3-6-14(25-2)7-4-12/h3-8,11,13H,9-10H2,1-2H3,(H,20,21)(H,22,24). The van der Waals surface area contributed by atoms with Crippen molar-refractivity contribution in [2.75, 3.05) is 7.11 Å². The molecule has 1 aliphatic heterocycles. The third kappa shape index (κ3) is 2.95. The second kappa shape index (κ2) is 6.20. The molecular weight excluding hydrogens is 316 g/mol. The van der Waals surface area contributed by atoms with E-state index < -0.39 is 0 Å². The minimum absolute atomic E-state index is 0.0138. The second-order valence-corrected chi connectivity index (χ2v) is 6.52. The zero-order valence-corrected chi connectivity index (χ0v) is 14.2. The van der Waals surface area contributed by atoms with Crippen molar-refractivity contribution in [3.8, 4) is 17.1 Å². The van der Waals surface area contributed by atoms with Crippen molar-refractivity contribution in [1.29, 1.82) is 0 Å². The van der Waals surface area contributed by atoms with Crippen LogP contribution >= 0.6 is 0 Å². The van der Waals surface area contributed by atoms with Gasteiger partial charge in [-0.25, -0.2) is 10.4 Å². The normalized spacial score (nSPS) is 22.2.